The van der Waals surface area contributed by atoms with Gasteiger partial charge < -0.3 is 10.2 Å². The number of nitrogens with zero attached hydrogens (tertiary/aromatic N) is 3. The van der Waals surface area contributed by atoms with Crippen LogP contribution in [0.1, 0.15) is 17.8 Å². The van der Waals surface area contributed by atoms with Gasteiger partial charge in [0.1, 0.15) is 6.54 Å². The number of carbonyl (C=O) groups is 1. The largest absolute Gasteiger partial charge is 0.354 e. The number of rotatable bonds is 6. The molecule has 5 nitrogen and oxygen atoms in total. The molecule has 0 saturated carbocycles. The summed E-state index contributed by atoms with van der Waals surface area (Å²) in [5.41, 5.74) is 1.97. The summed E-state index contributed by atoms with van der Waals surface area (Å²) in [6.07, 6.45) is 0.968. The fourth-order valence-corrected chi connectivity index (χ4v) is 1.65. The summed E-state index contributed by atoms with van der Waals surface area (Å²) < 4.78 is 1.73. The Morgan fingerprint density at radius 2 is 2.18 bits per heavy atom. The van der Waals surface area contributed by atoms with Crippen molar-refractivity contribution in [3.05, 3.63) is 17.5 Å². The highest BCUT2D eigenvalue weighted by Crippen LogP contribution is 2.00. The van der Waals surface area contributed by atoms with Gasteiger partial charge >= 0.3 is 0 Å². The van der Waals surface area contributed by atoms with Crippen LogP contribution in [0.2, 0.25) is 0 Å². The Bertz CT molecular complexity index is 371. The van der Waals surface area contributed by atoms with Gasteiger partial charge in [-0.15, -0.1) is 0 Å². The molecule has 17 heavy (non-hydrogen) atoms. The van der Waals surface area contributed by atoms with Crippen LogP contribution < -0.4 is 5.32 Å². The lowest BCUT2D eigenvalue weighted by Gasteiger charge is -2.10. The number of aromatic nitrogens is 2. The van der Waals surface area contributed by atoms with E-state index in [9.17, 15) is 4.79 Å². The van der Waals surface area contributed by atoms with E-state index in [0.29, 0.717) is 6.54 Å². The molecule has 0 unspecified atom stereocenters. The molecule has 0 aliphatic heterocycles. The molecule has 1 aromatic heterocycles. The van der Waals surface area contributed by atoms with Crippen LogP contribution in [0.5, 0.6) is 0 Å². The van der Waals surface area contributed by atoms with Crippen LogP contribution in [-0.2, 0) is 11.3 Å². The van der Waals surface area contributed by atoms with E-state index in [-0.39, 0.29) is 5.91 Å². The van der Waals surface area contributed by atoms with Gasteiger partial charge in [-0.3, -0.25) is 9.48 Å². The van der Waals surface area contributed by atoms with Crippen LogP contribution in [0.4, 0.5) is 0 Å². The van der Waals surface area contributed by atoms with Crippen molar-refractivity contribution in [2.75, 3.05) is 27.2 Å². The molecule has 0 spiro atoms. The Morgan fingerprint density at radius 3 is 2.71 bits per heavy atom. The zero-order valence-electron chi connectivity index (χ0n) is 11.2. The Morgan fingerprint density at radius 1 is 1.47 bits per heavy atom. The zero-order chi connectivity index (χ0) is 12.8. The second-order valence-electron chi connectivity index (χ2n) is 4.59. The van der Waals surface area contributed by atoms with Crippen molar-refractivity contribution >= 4 is 5.91 Å². The van der Waals surface area contributed by atoms with E-state index in [1.807, 2.05) is 34.0 Å². The van der Waals surface area contributed by atoms with Crippen LogP contribution in [-0.4, -0.2) is 47.8 Å². The van der Waals surface area contributed by atoms with Crippen LogP contribution in [0, 0.1) is 13.8 Å². The van der Waals surface area contributed by atoms with E-state index >= 15 is 0 Å². The standard InChI is InChI=1S/C12H22N4O/c1-10-8-11(2)16(14-10)9-12(17)13-6-5-7-15(3)4/h8H,5-7,9H2,1-4H3,(H,13,17). The van der Waals surface area contributed by atoms with Gasteiger partial charge in [-0.1, -0.05) is 0 Å². The van der Waals surface area contributed by atoms with Gasteiger partial charge in [-0.05, 0) is 47.0 Å². The number of aryl methyl sites for hydroxylation is 2. The SMILES string of the molecule is Cc1cc(C)n(CC(=O)NCCCN(C)C)n1. The van der Waals surface area contributed by atoms with Crippen molar-refractivity contribution in [1.82, 2.24) is 20.0 Å². The lowest BCUT2D eigenvalue weighted by Crippen LogP contribution is -2.30. The summed E-state index contributed by atoms with van der Waals surface area (Å²) in [5.74, 6) is 0.0231. The molecule has 0 aliphatic rings. The Balaban J connectivity index is 2.28. The van der Waals surface area contributed by atoms with E-state index < -0.39 is 0 Å². The summed E-state index contributed by atoms with van der Waals surface area (Å²) in [6.45, 7) is 5.90. The molecule has 96 valence electrons. The van der Waals surface area contributed by atoms with E-state index in [2.05, 4.69) is 15.3 Å². The van der Waals surface area contributed by atoms with Crippen LogP contribution in [0.15, 0.2) is 6.07 Å². The minimum Gasteiger partial charge on any atom is -0.354 e. The molecule has 0 saturated heterocycles. The van der Waals surface area contributed by atoms with Crippen LogP contribution >= 0.6 is 0 Å². The Labute approximate surface area is 103 Å². The van der Waals surface area contributed by atoms with Gasteiger partial charge in [0, 0.05) is 12.2 Å². The second-order valence-corrected chi connectivity index (χ2v) is 4.59. The average molecular weight is 238 g/mol. The number of hydrogen-bond acceptors (Lipinski definition) is 3. The molecule has 0 bridgehead atoms. The lowest BCUT2D eigenvalue weighted by molar-refractivity contribution is -0.121. The first-order valence-corrected chi connectivity index (χ1v) is 5.91. The van der Waals surface area contributed by atoms with Crippen molar-refractivity contribution in [2.45, 2.75) is 26.8 Å². The van der Waals surface area contributed by atoms with Crippen molar-refractivity contribution in [3.8, 4) is 0 Å². The summed E-state index contributed by atoms with van der Waals surface area (Å²) >= 11 is 0. The predicted octanol–water partition coefficient (Wildman–Crippen LogP) is 0.568. The Kier molecular flexibility index (Phi) is 5.15. The van der Waals surface area contributed by atoms with Crippen LogP contribution in [0.25, 0.3) is 0 Å². The highest BCUT2D eigenvalue weighted by Gasteiger charge is 2.06. The topological polar surface area (TPSA) is 50.2 Å². The van der Waals surface area contributed by atoms with Crippen molar-refractivity contribution < 1.29 is 4.79 Å². The molecule has 1 N–H and O–H groups in total. The van der Waals surface area contributed by atoms with Gasteiger partial charge in [0.05, 0.1) is 5.69 Å². The summed E-state index contributed by atoms with van der Waals surface area (Å²) in [7, 11) is 4.05. The second kappa shape index (κ2) is 6.39. The summed E-state index contributed by atoms with van der Waals surface area (Å²) in [6, 6.07) is 1.97. The molecule has 1 rings (SSSR count). The minimum absolute atomic E-state index is 0.0231. The van der Waals surface area contributed by atoms with Crippen molar-refractivity contribution in [3.63, 3.8) is 0 Å². The van der Waals surface area contributed by atoms with Crippen molar-refractivity contribution in [1.29, 1.82) is 0 Å². The van der Waals surface area contributed by atoms with E-state index in [0.717, 1.165) is 30.9 Å². The third-order valence-corrected chi connectivity index (χ3v) is 2.50. The first-order valence-electron chi connectivity index (χ1n) is 5.91. The van der Waals surface area contributed by atoms with E-state index in [4.69, 9.17) is 0 Å². The highest BCUT2D eigenvalue weighted by atomic mass is 16.2. The normalized spacial score (nSPS) is 10.9. The average Bonchev–Trinajstić information content (AvgIpc) is 2.52. The smallest absolute Gasteiger partial charge is 0.241 e. The lowest BCUT2D eigenvalue weighted by atomic mass is 10.4. The van der Waals surface area contributed by atoms with Gasteiger partial charge in [0.15, 0.2) is 0 Å². The van der Waals surface area contributed by atoms with Gasteiger partial charge in [-0.25, -0.2) is 0 Å². The maximum atomic E-state index is 11.6. The van der Waals surface area contributed by atoms with Gasteiger partial charge in [0.2, 0.25) is 5.91 Å². The molecule has 0 fully saturated rings. The molecular formula is C12H22N4O. The summed E-state index contributed by atoms with van der Waals surface area (Å²) in [4.78, 5) is 13.7. The maximum Gasteiger partial charge on any atom is 0.241 e. The fraction of sp³-hybridized carbons (Fsp3) is 0.667. The number of nitrogens with one attached hydrogen (secondary N) is 1. The quantitative estimate of drug-likeness (QED) is 0.737. The molecule has 1 aromatic rings. The highest BCUT2D eigenvalue weighted by molar-refractivity contribution is 5.75. The number of amides is 1. The summed E-state index contributed by atoms with van der Waals surface area (Å²) in [5, 5.41) is 7.15. The van der Waals surface area contributed by atoms with Gasteiger partial charge in [0.25, 0.3) is 0 Å². The van der Waals surface area contributed by atoms with E-state index in [1.54, 1.807) is 4.68 Å². The van der Waals surface area contributed by atoms with Crippen molar-refractivity contribution in [2.24, 2.45) is 0 Å². The Hall–Kier alpha value is -1.36. The molecule has 0 atom stereocenters. The molecular weight excluding hydrogens is 216 g/mol. The molecule has 1 amide bonds. The molecule has 0 aromatic carbocycles. The third-order valence-electron chi connectivity index (χ3n) is 2.50. The molecule has 5 heteroatoms. The van der Waals surface area contributed by atoms with E-state index in [1.165, 1.54) is 0 Å². The molecule has 0 aliphatic carbocycles. The molecule has 0 radical (unpaired) electrons. The zero-order valence-corrected chi connectivity index (χ0v) is 11.2. The predicted molar refractivity (Wildman–Crippen MR) is 67.9 cm³/mol. The van der Waals surface area contributed by atoms with Crippen LogP contribution in [0.3, 0.4) is 0 Å². The molecule has 1 heterocycles. The maximum absolute atomic E-state index is 11.6. The van der Waals surface area contributed by atoms with Gasteiger partial charge in [-0.2, -0.15) is 5.10 Å². The first-order chi connectivity index (χ1) is 7.99. The number of hydrogen-bond donors (Lipinski definition) is 1. The number of carbonyl (C=O) groups excluding carboxylic acids is 1. The minimum atomic E-state index is 0.0231. The third kappa shape index (κ3) is 4.99. The fourth-order valence-electron chi connectivity index (χ4n) is 1.65. The first kappa shape index (κ1) is 13.7. The monoisotopic (exact) mass is 238 g/mol.